The zero-order valence-corrected chi connectivity index (χ0v) is 16.0. The van der Waals surface area contributed by atoms with Crippen molar-refractivity contribution < 1.29 is 9.53 Å². The van der Waals surface area contributed by atoms with Gasteiger partial charge < -0.3 is 26.4 Å². The molecule has 0 radical (unpaired) electrons. The van der Waals surface area contributed by atoms with Gasteiger partial charge in [-0.3, -0.25) is 4.79 Å². The van der Waals surface area contributed by atoms with Gasteiger partial charge in [0.05, 0.1) is 5.56 Å². The number of nitrogens with one attached hydrogen (secondary N) is 3. The molecule has 1 aromatic carbocycles. The summed E-state index contributed by atoms with van der Waals surface area (Å²) in [6.45, 7) is 3.29. The van der Waals surface area contributed by atoms with Crippen molar-refractivity contribution in [3.05, 3.63) is 46.5 Å². The number of anilines is 3. The van der Waals surface area contributed by atoms with E-state index in [4.69, 9.17) is 10.5 Å². The third-order valence-corrected chi connectivity index (χ3v) is 4.57. The first-order chi connectivity index (χ1) is 13.5. The second-order valence-corrected chi connectivity index (χ2v) is 6.75. The number of pyridine rings is 1. The number of benzene rings is 1. The molecule has 0 fully saturated rings. The largest absolute Gasteiger partial charge is 0.385 e. The van der Waals surface area contributed by atoms with Crippen molar-refractivity contribution in [2.24, 2.45) is 5.73 Å². The number of carbonyl (C=O) groups excluding carboxylic acids is 1. The van der Waals surface area contributed by atoms with E-state index >= 15 is 0 Å². The maximum atomic E-state index is 12.4. The van der Waals surface area contributed by atoms with Gasteiger partial charge in [-0.15, -0.1) is 0 Å². The molecule has 0 aliphatic carbocycles. The van der Waals surface area contributed by atoms with Gasteiger partial charge in [0, 0.05) is 44.1 Å². The fourth-order valence-corrected chi connectivity index (χ4v) is 3.11. The molecule has 2 aromatic rings. The SMILES string of the molecule is COCC[C@H](N)CNc1nc(Nc2cccc(C)c2)c2c(c1C#N)CNC2=O. The fraction of sp³-hybridized carbons (Fsp3) is 0.350. The van der Waals surface area contributed by atoms with Crippen LogP contribution in [0, 0.1) is 18.3 Å². The Morgan fingerprint density at radius 1 is 1.43 bits per heavy atom. The van der Waals surface area contributed by atoms with Crippen LogP contribution in [-0.4, -0.2) is 37.2 Å². The van der Waals surface area contributed by atoms with Gasteiger partial charge in [-0.1, -0.05) is 12.1 Å². The monoisotopic (exact) mass is 380 g/mol. The van der Waals surface area contributed by atoms with E-state index in [2.05, 4.69) is 27.0 Å². The summed E-state index contributed by atoms with van der Waals surface area (Å²) in [5, 5.41) is 18.8. The fourth-order valence-electron chi connectivity index (χ4n) is 3.11. The van der Waals surface area contributed by atoms with Crippen LogP contribution in [0.15, 0.2) is 24.3 Å². The van der Waals surface area contributed by atoms with Crippen molar-refractivity contribution in [2.75, 3.05) is 30.9 Å². The number of rotatable bonds is 8. The molecule has 28 heavy (non-hydrogen) atoms. The summed E-state index contributed by atoms with van der Waals surface area (Å²) in [6, 6.07) is 9.81. The van der Waals surface area contributed by atoms with Crippen LogP contribution in [0.2, 0.25) is 0 Å². The molecule has 146 valence electrons. The molecule has 0 bridgehead atoms. The number of ether oxygens (including phenoxy) is 1. The summed E-state index contributed by atoms with van der Waals surface area (Å²) in [6.07, 6.45) is 0.685. The summed E-state index contributed by atoms with van der Waals surface area (Å²) in [5.41, 5.74) is 9.40. The first-order valence-corrected chi connectivity index (χ1v) is 9.10. The average molecular weight is 380 g/mol. The molecule has 1 aliphatic rings. The number of fused-ring (bicyclic) bond motifs is 1. The predicted molar refractivity (Wildman–Crippen MR) is 108 cm³/mol. The number of methoxy groups -OCH3 is 1. The van der Waals surface area contributed by atoms with Gasteiger partial charge in [0.25, 0.3) is 5.91 Å². The third kappa shape index (κ3) is 4.22. The number of hydrogen-bond donors (Lipinski definition) is 4. The molecule has 0 saturated carbocycles. The predicted octanol–water partition coefficient (Wildman–Crippen LogP) is 2.02. The lowest BCUT2D eigenvalue weighted by Gasteiger charge is -2.17. The maximum Gasteiger partial charge on any atom is 0.255 e. The second-order valence-electron chi connectivity index (χ2n) is 6.75. The molecule has 8 heteroatoms. The molecule has 8 nitrogen and oxygen atoms in total. The van der Waals surface area contributed by atoms with Crippen molar-refractivity contribution >= 4 is 23.2 Å². The Labute approximate surface area is 164 Å². The summed E-state index contributed by atoms with van der Waals surface area (Å²) >= 11 is 0. The number of nitriles is 1. The highest BCUT2D eigenvalue weighted by atomic mass is 16.5. The van der Waals surface area contributed by atoms with E-state index in [0.29, 0.717) is 54.4 Å². The summed E-state index contributed by atoms with van der Waals surface area (Å²) < 4.78 is 5.05. The number of aromatic nitrogens is 1. The van der Waals surface area contributed by atoms with Crippen molar-refractivity contribution in [2.45, 2.75) is 25.9 Å². The number of amides is 1. The normalized spacial score (nSPS) is 13.4. The van der Waals surface area contributed by atoms with Crippen molar-refractivity contribution in [1.29, 1.82) is 5.26 Å². The zero-order valence-electron chi connectivity index (χ0n) is 16.0. The Bertz CT molecular complexity index is 922. The average Bonchev–Trinajstić information content (AvgIpc) is 3.06. The first kappa shape index (κ1) is 19.6. The van der Waals surface area contributed by atoms with E-state index in [9.17, 15) is 10.1 Å². The molecule has 1 aromatic heterocycles. The van der Waals surface area contributed by atoms with Crippen LogP contribution in [0.25, 0.3) is 0 Å². The van der Waals surface area contributed by atoms with Crippen molar-refractivity contribution in [3.63, 3.8) is 0 Å². The van der Waals surface area contributed by atoms with Gasteiger partial charge in [-0.25, -0.2) is 4.98 Å². The quantitative estimate of drug-likeness (QED) is 0.552. The molecule has 1 amide bonds. The van der Waals surface area contributed by atoms with Crippen LogP contribution in [-0.2, 0) is 11.3 Å². The van der Waals surface area contributed by atoms with Crippen LogP contribution in [0.4, 0.5) is 17.3 Å². The number of carbonyl (C=O) groups is 1. The van der Waals surface area contributed by atoms with E-state index in [1.54, 1.807) is 7.11 Å². The lowest BCUT2D eigenvalue weighted by atomic mass is 10.0. The highest BCUT2D eigenvalue weighted by Crippen LogP contribution is 2.32. The smallest absolute Gasteiger partial charge is 0.255 e. The standard InChI is InChI=1S/C20H24N6O2/c1-12-4-3-5-14(8-12)25-19-17-16(11-24-20(17)27)15(9-21)18(26-19)23-10-13(22)6-7-28-2/h3-5,8,13H,6-7,10-11,22H2,1-2H3,(H,24,27)(H2,23,25,26)/t13-/m0/s1. The molecular formula is C20H24N6O2. The third-order valence-electron chi connectivity index (χ3n) is 4.57. The Morgan fingerprint density at radius 2 is 2.25 bits per heavy atom. The minimum atomic E-state index is -0.238. The molecule has 0 unspecified atom stereocenters. The molecule has 5 N–H and O–H groups in total. The lowest BCUT2D eigenvalue weighted by molar-refractivity contribution is 0.0966. The maximum absolute atomic E-state index is 12.4. The molecular weight excluding hydrogens is 356 g/mol. The van der Waals surface area contributed by atoms with Gasteiger partial charge in [-0.05, 0) is 31.0 Å². The minimum absolute atomic E-state index is 0.144. The van der Waals surface area contributed by atoms with E-state index in [1.807, 2.05) is 31.2 Å². The number of nitrogens with zero attached hydrogens (tertiary/aromatic N) is 2. The van der Waals surface area contributed by atoms with Crippen molar-refractivity contribution in [1.82, 2.24) is 10.3 Å². The molecule has 1 atom stereocenters. The van der Waals surface area contributed by atoms with E-state index in [1.165, 1.54) is 0 Å². The highest BCUT2D eigenvalue weighted by molar-refractivity contribution is 6.04. The molecule has 0 saturated heterocycles. The molecule has 0 spiro atoms. The van der Waals surface area contributed by atoms with Gasteiger partial charge in [0.15, 0.2) is 0 Å². The Kier molecular flexibility index (Phi) is 6.09. The zero-order chi connectivity index (χ0) is 20.1. The Morgan fingerprint density at radius 3 is 2.96 bits per heavy atom. The van der Waals surface area contributed by atoms with Crippen LogP contribution < -0.4 is 21.7 Å². The minimum Gasteiger partial charge on any atom is -0.385 e. The Balaban J connectivity index is 1.94. The van der Waals surface area contributed by atoms with Crippen LogP contribution >= 0.6 is 0 Å². The summed E-state index contributed by atoms with van der Waals surface area (Å²) in [4.78, 5) is 16.9. The topological polar surface area (TPSA) is 125 Å². The van der Waals surface area contributed by atoms with Crippen LogP contribution in [0.5, 0.6) is 0 Å². The van der Waals surface area contributed by atoms with Crippen molar-refractivity contribution in [3.8, 4) is 6.07 Å². The summed E-state index contributed by atoms with van der Waals surface area (Å²) in [5.74, 6) is 0.598. The molecule has 3 rings (SSSR count). The van der Waals surface area contributed by atoms with E-state index < -0.39 is 0 Å². The van der Waals surface area contributed by atoms with E-state index in [-0.39, 0.29) is 11.9 Å². The van der Waals surface area contributed by atoms with Gasteiger partial charge in [0.1, 0.15) is 23.3 Å². The highest BCUT2D eigenvalue weighted by Gasteiger charge is 2.29. The first-order valence-electron chi connectivity index (χ1n) is 9.10. The van der Waals surface area contributed by atoms with Gasteiger partial charge in [-0.2, -0.15) is 5.26 Å². The van der Waals surface area contributed by atoms with Crippen LogP contribution in [0.3, 0.4) is 0 Å². The number of nitrogens with two attached hydrogens (primary N) is 1. The molecule has 1 aliphatic heterocycles. The van der Waals surface area contributed by atoms with Crippen LogP contribution in [0.1, 0.15) is 33.5 Å². The van der Waals surface area contributed by atoms with E-state index in [0.717, 1.165) is 11.3 Å². The van der Waals surface area contributed by atoms with Gasteiger partial charge in [0.2, 0.25) is 0 Å². The Hall–Kier alpha value is -3.15. The molecule has 2 heterocycles. The van der Waals surface area contributed by atoms with Gasteiger partial charge >= 0.3 is 0 Å². The lowest BCUT2D eigenvalue weighted by Crippen LogP contribution is -2.30. The second kappa shape index (κ2) is 8.69. The number of aryl methyl sites for hydroxylation is 1. The number of hydrogen-bond acceptors (Lipinski definition) is 7. The summed E-state index contributed by atoms with van der Waals surface area (Å²) in [7, 11) is 1.63.